The average Bonchev–Trinajstić information content (AvgIpc) is 2.63. The van der Waals surface area contributed by atoms with Gasteiger partial charge in [-0.25, -0.2) is 0 Å². The van der Waals surface area contributed by atoms with Gasteiger partial charge in [0.1, 0.15) is 0 Å². The first kappa shape index (κ1) is 14.2. The van der Waals surface area contributed by atoms with Crippen LogP contribution in [0.4, 0.5) is 0 Å². The zero-order valence-electron chi connectivity index (χ0n) is 11.7. The predicted molar refractivity (Wildman–Crippen MR) is 71.6 cm³/mol. The highest BCUT2D eigenvalue weighted by molar-refractivity contribution is 5.09. The van der Waals surface area contributed by atoms with E-state index in [2.05, 4.69) is 38.1 Å². The normalized spacial score (nSPS) is 15.9. The van der Waals surface area contributed by atoms with Crippen LogP contribution in [0.3, 0.4) is 0 Å². The van der Waals surface area contributed by atoms with Gasteiger partial charge in [0.25, 0.3) is 0 Å². The Morgan fingerprint density at radius 2 is 2.06 bits per heavy atom. The van der Waals surface area contributed by atoms with E-state index >= 15 is 0 Å². The van der Waals surface area contributed by atoms with E-state index in [-0.39, 0.29) is 6.04 Å². The molecular formula is C13H26N4. The van der Waals surface area contributed by atoms with Crippen LogP contribution >= 0.6 is 0 Å². The first-order valence-corrected chi connectivity index (χ1v) is 6.25. The van der Waals surface area contributed by atoms with Crippen LogP contribution in [0.25, 0.3) is 0 Å². The first-order chi connectivity index (χ1) is 7.80. The van der Waals surface area contributed by atoms with Gasteiger partial charge in [-0.2, -0.15) is 5.10 Å². The highest BCUT2D eigenvalue weighted by atomic mass is 15.2. The van der Waals surface area contributed by atoms with E-state index in [0.717, 1.165) is 18.7 Å². The Labute approximate surface area is 105 Å². The van der Waals surface area contributed by atoms with Gasteiger partial charge >= 0.3 is 0 Å². The van der Waals surface area contributed by atoms with Crippen LogP contribution in [0, 0.1) is 11.3 Å². The molecule has 0 aliphatic heterocycles. The zero-order valence-corrected chi connectivity index (χ0v) is 11.7. The lowest BCUT2D eigenvalue weighted by Gasteiger charge is -2.27. The predicted octanol–water partition coefficient (Wildman–Crippen LogP) is 1.69. The minimum absolute atomic E-state index is 0.0240. The minimum atomic E-state index is 0.0240. The molecule has 0 aliphatic carbocycles. The van der Waals surface area contributed by atoms with Gasteiger partial charge in [0.05, 0.1) is 6.20 Å². The number of hydrogen-bond donors (Lipinski definition) is 2. The molecular weight excluding hydrogens is 212 g/mol. The summed E-state index contributed by atoms with van der Waals surface area (Å²) in [6, 6.07) is 0.0240. The van der Waals surface area contributed by atoms with Crippen LogP contribution in [0.2, 0.25) is 0 Å². The maximum absolute atomic E-state index is 6.09. The fourth-order valence-electron chi connectivity index (χ4n) is 1.51. The molecule has 0 spiro atoms. The Balaban J connectivity index is 2.32. The molecule has 0 aliphatic rings. The van der Waals surface area contributed by atoms with Crippen molar-refractivity contribution in [2.24, 2.45) is 24.1 Å². The lowest BCUT2D eigenvalue weighted by Crippen LogP contribution is -2.34. The summed E-state index contributed by atoms with van der Waals surface area (Å²) in [5, 5.41) is 7.57. The molecule has 1 rings (SSSR count). The molecule has 0 amide bonds. The quantitative estimate of drug-likeness (QED) is 0.821. The number of nitrogens with two attached hydrogens (primary N) is 1. The number of hydrogen-bond acceptors (Lipinski definition) is 3. The van der Waals surface area contributed by atoms with E-state index in [9.17, 15) is 0 Å². The van der Waals surface area contributed by atoms with Crippen LogP contribution in [0.15, 0.2) is 12.4 Å². The number of aryl methyl sites for hydroxylation is 1. The number of rotatable bonds is 5. The zero-order chi connectivity index (χ0) is 13.1. The topological polar surface area (TPSA) is 55.9 Å². The van der Waals surface area contributed by atoms with E-state index in [4.69, 9.17) is 5.73 Å². The van der Waals surface area contributed by atoms with Crippen molar-refractivity contribution in [3.63, 3.8) is 0 Å². The number of aromatic nitrogens is 2. The third-order valence-electron chi connectivity index (χ3n) is 3.45. The molecule has 1 heterocycles. The largest absolute Gasteiger partial charge is 0.323 e. The maximum atomic E-state index is 6.09. The SMILES string of the molecule is CC(CNCC(N)c1cnn(C)c1)C(C)(C)C. The molecule has 1 aromatic rings. The molecule has 0 aromatic carbocycles. The third-order valence-corrected chi connectivity index (χ3v) is 3.45. The standard InChI is InChI=1S/C13H26N4/c1-10(13(2,3)4)6-15-8-12(14)11-7-16-17(5)9-11/h7,9-10,12,15H,6,8,14H2,1-5H3. The summed E-state index contributed by atoms with van der Waals surface area (Å²) in [5.74, 6) is 0.628. The summed E-state index contributed by atoms with van der Waals surface area (Å²) < 4.78 is 1.78. The van der Waals surface area contributed by atoms with Crippen LogP contribution in [-0.2, 0) is 7.05 Å². The fourth-order valence-corrected chi connectivity index (χ4v) is 1.51. The van der Waals surface area contributed by atoms with Gasteiger partial charge in [0.2, 0.25) is 0 Å². The van der Waals surface area contributed by atoms with Crippen molar-refractivity contribution in [3.8, 4) is 0 Å². The second-order valence-electron chi connectivity index (χ2n) is 5.98. The van der Waals surface area contributed by atoms with Crippen LogP contribution in [-0.4, -0.2) is 22.9 Å². The smallest absolute Gasteiger partial charge is 0.0537 e. The Kier molecular flexibility index (Phi) is 4.71. The number of nitrogens with zero attached hydrogens (tertiary/aromatic N) is 2. The molecule has 1 aromatic heterocycles. The van der Waals surface area contributed by atoms with Crippen LogP contribution in [0.1, 0.15) is 39.3 Å². The van der Waals surface area contributed by atoms with Gasteiger partial charge in [-0.3, -0.25) is 4.68 Å². The van der Waals surface area contributed by atoms with E-state index in [1.165, 1.54) is 0 Å². The summed E-state index contributed by atoms with van der Waals surface area (Å²) in [6.45, 7) is 10.9. The molecule has 98 valence electrons. The van der Waals surface area contributed by atoms with Crippen LogP contribution in [0.5, 0.6) is 0 Å². The molecule has 0 fully saturated rings. The van der Waals surface area contributed by atoms with Gasteiger partial charge < -0.3 is 11.1 Å². The second kappa shape index (κ2) is 5.65. The Bertz CT molecular complexity index is 337. The molecule has 3 N–H and O–H groups in total. The summed E-state index contributed by atoms with van der Waals surface area (Å²) in [5.41, 5.74) is 7.51. The summed E-state index contributed by atoms with van der Waals surface area (Å²) in [4.78, 5) is 0. The number of nitrogens with one attached hydrogen (secondary N) is 1. The Morgan fingerprint density at radius 3 is 2.53 bits per heavy atom. The summed E-state index contributed by atoms with van der Waals surface area (Å²) in [7, 11) is 1.91. The highest BCUT2D eigenvalue weighted by Crippen LogP contribution is 2.24. The van der Waals surface area contributed by atoms with Crippen molar-refractivity contribution in [3.05, 3.63) is 18.0 Å². The van der Waals surface area contributed by atoms with Crippen LogP contribution < -0.4 is 11.1 Å². The third kappa shape index (κ3) is 4.48. The highest BCUT2D eigenvalue weighted by Gasteiger charge is 2.19. The molecule has 0 saturated carbocycles. The van der Waals surface area contributed by atoms with Crippen molar-refractivity contribution >= 4 is 0 Å². The monoisotopic (exact) mass is 238 g/mol. The average molecular weight is 238 g/mol. The minimum Gasteiger partial charge on any atom is -0.323 e. The Hall–Kier alpha value is -0.870. The molecule has 0 bridgehead atoms. The molecule has 0 saturated heterocycles. The summed E-state index contributed by atoms with van der Waals surface area (Å²) >= 11 is 0. The van der Waals surface area contributed by atoms with Crippen molar-refractivity contribution in [1.82, 2.24) is 15.1 Å². The maximum Gasteiger partial charge on any atom is 0.0537 e. The lowest BCUT2D eigenvalue weighted by atomic mass is 9.82. The van der Waals surface area contributed by atoms with Crippen molar-refractivity contribution in [1.29, 1.82) is 0 Å². The fraction of sp³-hybridized carbons (Fsp3) is 0.769. The van der Waals surface area contributed by atoms with E-state index in [1.54, 1.807) is 4.68 Å². The van der Waals surface area contributed by atoms with E-state index in [1.807, 2.05) is 19.4 Å². The van der Waals surface area contributed by atoms with Gasteiger partial charge in [0.15, 0.2) is 0 Å². The van der Waals surface area contributed by atoms with Crippen molar-refractivity contribution < 1.29 is 0 Å². The van der Waals surface area contributed by atoms with Gasteiger partial charge in [-0.15, -0.1) is 0 Å². The molecule has 0 radical (unpaired) electrons. The first-order valence-electron chi connectivity index (χ1n) is 6.25. The van der Waals surface area contributed by atoms with E-state index in [0.29, 0.717) is 11.3 Å². The Morgan fingerprint density at radius 1 is 1.41 bits per heavy atom. The summed E-state index contributed by atoms with van der Waals surface area (Å²) in [6.07, 6.45) is 3.80. The molecule has 2 unspecified atom stereocenters. The van der Waals surface area contributed by atoms with Gasteiger partial charge in [-0.1, -0.05) is 27.7 Å². The second-order valence-corrected chi connectivity index (χ2v) is 5.98. The lowest BCUT2D eigenvalue weighted by molar-refractivity contribution is 0.252. The van der Waals surface area contributed by atoms with E-state index < -0.39 is 0 Å². The van der Waals surface area contributed by atoms with Gasteiger partial charge in [-0.05, 0) is 17.9 Å². The van der Waals surface area contributed by atoms with Crippen molar-refractivity contribution in [2.75, 3.05) is 13.1 Å². The molecule has 17 heavy (non-hydrogen) atoms. The molecule has 2 atom stereocenters. The molecule has 4 nitrogen and oxygen atoms in total. The molecule has 4 heteroatoms. The van der Waals surface area contributed by atoms with Gasteiger partial charge in [0, 0.05) is 31.4 Å². The van der Waals surface area contributed by atoms with Crippen molar-refractivity contribution in [2.45, 2.75) is 33.7 Å².